The number of rotatable bonds is 3. The molecule has 0 N–H and O–H groups in total. The Bertz CT molecular complexity index is 497. The molecule has 0 aliphatic rings. The van der Waals surface area contributed by atoms with Gasteiger partial charge in [0.2, 0.25) is 0 Å². The lowest BCUT2D eigenvalue weighted by Gasteiger charge is -2.07. The Labute approximate surface area is 106 Å². The van der Waals surface area contributed by atoms with Gasteiger partial charge in [-0.1, -0.05) is 31.5 Å². The van der Waals surface area contributed by atoms with Gasteiger partial charge in [0, 0.05) is 24.5 Å². The van der Waals surface area contributed by atoms with Gasteiger partial charge in [-0.15, -0.1) is 0 Å². The Balaban J connectivity index is 2.27. The zero-order chi connectivity index (χ0) is 12.3. The minimum absolute atomic E-state index is 0.350. The molecule has 88 valence electrons. The van der Waals surface area contributed by atoms with E-state index in [9.17, 15) is 0 Å². The van der Waals surface area contributed by atoms with Crippen LogP contribution in [0.5, 0.6) is 0 Å². The molecule has 0 unspecified atom stereocenters. The standard InChI is InChI=1S/C13H14ClN3/c1-9(2)11-7-12(14)17-13(16-11)6-10-4-3-5-15-8-10/h3-5,7-9H,6H2,1-2H3. The molecule has 0 saturated heterocycles. The van der Waals surface area contributed by atoms with Gasteiger partial charge in [0.15, 0.2) is 0 Å². The summed E-state index contributed by atoms with van der Waals surface area (Å²) in [6.45, 7) is 4.18. The third kappa shape index (κ3) is 3.24. The Morgan fingerprint density at radius 3 is 2.76 bits per heavy atom. The van der Waals surface area contributed by atoms with E-state index >= 15 is 0 Å². The van der Waals surface area contributed by atoms with Crippen LogP contribution in [-0.4, -0.2) is 15.0 Å². The SMILES string of the molecule is CC(C)c1cc(Cl)nc(Cc2cccnc2)n1. The fraction of sp³-hybridized carbons (Fsp3) is 0.308. The number of aromatic nitrogens is 3. The normalized spacial score (nSPS) is 10.8. The predicted octanol–water partition coefficient (Wildman–Crippen LogP) is 3.24. The van der Waals surface area contributed by atoms with E-state index in [-0.39, 0.29) is 0 Å². The molecule has 0 aromatic carbocycles. The highest BCUT2D eigenvalue weighted by molar-refractivity contribution is 6.29. The van der Waals surface area contributed by atoms with Crippen molar-refractivity contribution in [3.05, 3.63) is 52.8 Å². The van der Waals surface area contributed by atoms with Crippen LogP contribution in [0.4, 0.5) is 0 Å². The first-order valence-corrected chi connectivity index (χ1v) is 5.95. The largest absolute Gasteiger partial charge is 0.264 e. The van der Waals surface area contributed by atoms with Crippen LogP contribution >= 0.6 is 11.6 Å². The summed E-state index contributed by atoms with van der Waals surface area (Å²) < 4.78 is 0. The molecule has 0 aliphatic heterocycles. The van der Waals surface area contributed by atoms with Crippen molar-refractivity contribution in [2.75, 3.05) is 0 Å². The summed E-state index contributed by atoms with van der Waals surface area (Å²) in [4.78, 5) is 12.8. The maximum atomic E-state index is 5.99. The maximum Gasteiger partial charge on any atom is 0.134 e. The fourth-order valence-electron chi connectivity index (χ4n) is 1.54. The number of nitrogens with zero attached hydrogens (tertiary/aromatic N) is 3. The molecular formula is C13H14ClN3. The van der Waals surface area contributed by atoms with Crippen molar-refractivity contribution in [3.63, 3.8) is 0 Å². The molecule has 2 heterocycles. The molecule has 3 nitrogen and oxygen atoms in total. The van der Waals surface area contributed by atoms with Crippen molar-refractivity contribution in [1.82, 2.24) is 15.0 Å². The molecule has 2 rings (SSSR count). The molecule has 0 saturated carbocycles. The molecule has 4 heteroatoms. The molecule has 0 spiro atoms. The van der Waals surface area contributed by atoms with Gasteiger partial charge in [0.05, 0.1) is 0 Å². The lowest BCUT2D eigenvalue weighted by molar-refractivity contribution is 0.791. The van der Waals surface area contributed by atoms with Crippen molar-refractivity contribution >= 4 is 11.6 Å². The molecule has 0 amide bonds. The topological polar surface area (TPSA) is 38.7 Å². The molecular weight excluding hydrogens is 234 g/mol. The van der Waals surface area contributed by atoms with Gasteiger partial charge in [0.25, 0.3) is 0 Å². The molecule has 0 fully saturated rings. The summed E-state index contributed by atoms with van der Waals surface area (Å²) in [5.41, 5.74) is 2.06. The van der Waals surface area contributed by atoms with E-state index in [1.165, 1.54) is 0 Å². The first kappa shape index (κ1) is 12.0. The van der Waals surface area contributed by atoms with Crippen molar-refractivity contribution in [1.29, 1.82) is 0 Å². The minimum atomic E-state index is 0.350. The number of hydrogen-bond acceptors (Lipinski definition) is 3. The van der Waals surface area contributed by atoms with Crippen molar-refractivity contribution in [2.24, 2.45) is 0 Å². The van der Waals surface area contributed by atoms with E-state index in [4.69, 9.17) is 11.6 Å². The van der Waals surface area contributed by atoms with E-state index in [2.05, 4.69) is 28.8 Å². The molecule has 0 bridgehead atoms. The monoisotopic (exact) mass is 247 g/mol. The zero-order valence-electron chi connectivity index (χ0n) is 9.89. The molecule has 2 aromatic heterocycles. The van der Waals surface area contributed by atoms with Crippen LogP contribution in [0.25, 0.3) is 0 Å². The second-order valence-electron chi connectivity index (χ2n) is 4.22. The van der Waals surface area contributed by atoms with Gasteiger partial charge in [-0.05, 0) is 23.6 Å². The van der Waals surface area contributed by atoms with E-state index < -0.39 is 0 Å². The first-order valence-electron chi connectivity index (χ1n) is 5.57. The van der Waals surface area contributed by atoms with Gasteiger partial charge < -0.3 is 0 Å². The van der Waals surface area contributed by atoms with Crippen LogP contribution in [0.3, 0.4) is 0 Å². The molecule has 0 atom stereocenters. The fourth-order valence-corrected chi connectivity index (χ4v) is 1.75. The van der Waals surface area contributed by atoms with Gasteiger partial charge >= 0.3 is 0 Å². The Morgan fingerprint density at radius 2 is 2.12 bits per heavy atom. The third-order valence-corrected chi connectivity index (χ3v) is 2.63. The lowest BCUT2D eigenvalue weighted by atomic mass is 10.1. The predicted molar refractivity (Wildman–Crippen MR) is 68.2 cm³/mol. The van der Waals surface area contributed by atoms with Crippen LogP contribution in [0, 0.1) is 0 Å². The summed E-state index contributed by atoms with van der Waals surface area (Å²) >= 11 is 5.99. The Morgan fingerprint density at radius 1 is 1.29 bits per heavy atom. The lowest BCUT2D eigenvalue weighted by Crippen LogP contribution is -2.02. The zero-order valence-corrected chi connectivity index (χ0v) is 10.6. The highest BCUT2D eigenvalue weighted by Crippen LogP contribution is 2.16. The van der Waals surface area contributed by atoms with E-state index in [1.807, 2.05) is 24.4 Å². The smallest absolute Gasteiger partial charge is 0.134 e. The summed E-state index contributed by atoms with van der Waals surface area (Å²) in [5, 5.41) is 0.502. The van der Waals surface area contributed by atoms with Gasteiger partial charge in [-0.2, -0.15) is 0 Å². The maximum absolute atomic E-state index is 5.99. The number of pyridine rings is 1. The van der Waals surface area contributed by atoms with Crippen molar-refractivity contribution < 1.29 is 0 Å². The molecule has 2 aromatic rings. The van der Waals surface area contributed by atoms with Crippen LogP contribution in [0.2, 0.25) is 5.15 Å². The van der Waals surface area contributed by atoms with E-state index in [0.29, 0.717) is 17.5 Å². The van der Waals surface area contributed by atoms with Crippen LogP contribution in [0.15, 0.2) is 30.6 Å². The minimum Gasteiger partial charge on any atom is -0.264 e. The Hall–Kier alpha value is -1.48. The second-order valence-corrected chi connectivity index (χ2v) is 4.61. The van der Waals surface area contributed by atoms with Gasteiger partial charge in [-0.3, -0.25) is 4.98 Å². The van der Waals surface area contributed by atoms with Crippen molar-refractivity contribution in [2.45, 2.75) is 26.2 Å². The van der Waals surface area contributed by atoms with Gasteiger partial charge in [0.1, 0.15) is 11.0 Å². The highest BCUT2D eigenvalue weighted by Gasteiger charge is 2.07. The highest BCUT2D eigenvalue weighted by atomic mass is 35.5. The third-order valence-electron chi connectivity index (χ3n) is 2.44. The first-order chi connectivity index (χ1) is 8.15. The Kier molecular flexibility index (Phi) is 3.69. The molecule has 0 radical (unpaired) electrons. The average molecular weight is 248 g/mol. The van der Waals surface area contributed by atoms with Crippen LogP contribution in [0.1, 0.15) is 36.8 Å². The summed E-state index contributed by atoms with van der Waals surface area (Å²) in [6.07, 6.45) is 4.23. The average Bonchev–Trinajstić information content (AvgIpc) is 2.29. The van der Waals surface area contributed by atoms with Crippen LogP contribution < -0.4 is 0 Å². The number of halogens is 1. The molecule has 0 aliphatic carbocycles. The summed E-state index contributed by atoms with van der Waals surface area (Å²) in [7, 11) is 0. The summed E-state index contributed by atoms with van der Waals surface area (Å²) in [5.74, 6) is 1.09. The quantitative estimate of drug-likeness (QED) is 0.782. The van der Waals surface area contributed by atoms with Crippen LogP contribution in [-0.2, 0) is 6.42 Å². The van der Waals surface area contributed by atoms with Crippen molar-refractivity contribution in [3.8, 4) is 0 Å². The van der Waals surface area contributed by atoms with E-state index in [0.717, 1.165) is 17.1 Å². The van der Waals surface area contributed by atoms with E-state index in [1.54, 1.807) is 6.20 Å². The molecule has 17 heavy (non-hydrogen) atoms. The van der Waals surface area contributed by atoms with Gasteiger partial charge in [-0.25, -0.2) is 9.97 Å². The summed E-state index contributed by atoms with van der Waals surface area (Å²) in [6, 6.07) is 5.73. The second kappa shape index (κ2) is 5.23. The number of hydrogen-bond donors (Lipinski definition) is 0.